The van der Waals surface area contributed by atoms with Crippen molar-refractivity contribution in [2.45, 2.75) is 137 Å². The Balaban J connectivity index is 0.0000101. The molecule has 2 heterocycles. The van der Waals surface area contributed by atoms with Gasteiger partial charge in [-0.1, -0.05) is 200 Å². The van der Waals surface area contributed by atoms with Crippen LogP contribution in [0.1, 0.15) is 160 Å². The van der Waals surface area contributed by atoms with Crippen molar-refractivity contribution in [3.63, 3.8) is 0 Å². The van der Waals surface area contributed by atoms with Crippen LogP contribution in [0.5, 0.6) is 5.75 Å². The molecule has 0 amide bonds. The number of fused-ring (bicyclic) bond motifs is 1. The number of rotatable bonds is 8. The minimum Gasteiger partial charge on any atom is -0.507 e. The molecule has 6 aromatic carbocycles. The fourth-order valence-electron chi connectivity index (χ4n) is 8.23. The number of nitrogens with zero attached hydrogens (tertiary/aromatic N) is 3. The first-order valence-electron chi connectivity index (χ1n) is 30.8. The third kappa shape index (κ3) is 9.95. The predicted octanol–water partition coefficient (Wildman–Crippen LogP) is 17.1. The van der Waals surface area contributed by atoms with Crippen LogP contribution in [0, 0.1) is 6.07 Å². The van der Waals surface area contributed by atoms with Crippen LogP contribution >= 0.6 is 0 Å². The van der Waals surface area contributed by atoms with E-state index < -0.39 is 95.9 Å². The van der Waals surface area contributed by atoms with Crippen molar-refractivity contribution in [2.75, 3.05) is 0 Å². The first kappa shape index (κ1) is 33.0. The SMILES string of the molecule is [2H]c1nc(-c2[c-]c(-c3cccc4c3nc(-c3cc(C(C)(C)C)cc(C(C)(C)C)c3O)n4-c3ccc(C(C)(C)CC)cc3-c3ccccc3)cc(C(C)(C)C)c2)c([2H])c(-c2c([2H])c([2H])c(C(C([2H])([2H])[2H])(C([2H])([2H])[2H])C([2H])([2H])[2H])c([2H])c2[2H])c1[2H].[Pt]. The quantitative estimate of drug-likeness (QED) is 0.154. The summed E-state index contributed by atoms with van der Waals surface area (Å²) in [6, 6.07) is 27.2. The molecule has 0 aliphatic rings. The van der Waals surface area contributed by atoms with Crippen molar-refractivity contribution < 1.29 is 48.1 Å². The van der Waals surface area contributed by atoms with E-state index in [1.807, 2.05) is 69.3 Å². The molecular weight excluding hydrogens is 1010 g/mol. The summed E-state index contributed by atoms with van der Waals surface area (Å²) >= 11 is 0. The van der Waals surface area contributed by atoms with E-state index in [-0.39, 0.29) is 48.9 Å². The van der Waals surface area contributed by atoms with Crippen LogP contribution in [0.2, 0.25) is 0 Å². The largest absolute Gasteiger partial charge is 0.507 e. The Morgan fingerprint density at radius 2 is 1.25 bits per heavy atom. The molecule has 0 bridgehead atoms. The molecule has 0 saturated heterocycles. The number of hydrogen-bond acceptors (Lipinski definition) is 3. The molecule has 0 spiro atoms. The molecule has 2 aromatic heterocycles. The molecule has 8 rings (SSSR count). The summed E-state index contributed by atoms with van der Waals surface area (Å²) < 4.78 is 141. The second-order valence-electron chi connectivity index (χ2n) is 21.3. The maximum absolute atomic E-state index is 12.7. The van der Waals surface area contributed by atoms with Gasteiger partial charge < -0.3 is 5.11 Å². The van der Waals surface area contributed by atoms with Crippen molar-refractivity contribution in [3.8, 4) is 67.5 Å². The van der Waals surface area contributed by atoms with Crippen LogP contribution in [0.4, 0.5) is 0 Å². The molecular formula is C63H70N3OPt-. The molecule has 5 heteroatoms. The second-order valence-corrected chi connectivity index (χ2v) is 21.3. The van der Waals surface area contributed by atoms with Gasteiger partial charge in [0, 0.05) is 56.4 Å². The topological polar surface area (TPSA) is 50.9 Å². The van der Waals surface area contributed by atoms with Crippen LogP contribution in [0.3, 0.4) is 0 Å². The van der Waals surface area contributed by atoms with E-state index >= 15 is 0 Å². The monoisotopic (exact) mass is 1100 g/mol. The summed E-state index contributed by atoms with van der Waals surface area (Å²) in [4.78, 5) is 9.97. The molecule has 0 unspecified atom stereocenters. The summed E-state index contributed by atoms with van der Waals surface area (Å²) in [7, 11) is 0. The van der Waals surface area contributed by atoms with Gasteiger partial charge in [-0.3, -0.25) is 9.55 Å². The number of benzene rings is 6. The third-order valence-corrected chi connectivity index (χ3v) is 12.8. The van der Waals surface area contributed by atoms with E-state index in [0.717, 1.165) is 39.9 Å². The van der Waals surface area contributed by atoms with E-state index in [2.05, 4.69) is 114 Å². The van der Waals surface area contributed by atoms with Crippen molar-refractivity contribution in [1.82, 2.24) is 14.5 Å². The van der Waals surface area contributed by atoms with E-state index in [1.54, 1.807) is 6.07 Å². The zero-order valence-corrected chi connectivity index (χ0v) is 43.2. The first-order valence-corrected chi connectivity index (χ1v) is 22.8. The number of phenols is 1. The fourth-order valence-corrected chi connectivity index (χ4v) is 8.23. The molecule has 0 saturated carbocycles. The maximum atomic E-state index is 12.7. The van der Waals surface area contributed by atoms with Gasteiger partial charge in [0.2, 0.25) is 0 Å². The summed E-state index contributed by atoms with van der Waals surface area (Å²) in [5.41, 5.74) is 0.540. The summed E-state index contributed by atoms with van der Waals surface area (Å²) in [6.45, 7) is 13.3. The van der Waals surface area contributed by atoms with Gasteiger partial charge in [0.05, 0.1) is 31.9 Å². The zero-order valence-electron chi connectivity index (χ0n) is 57.0. The van der Waals surface area contributed by atoms with Crippen molar-refractivity contribution in [3.05, 3.63) is 167 Å². The van der Waals surface area contributed by atoms with Crippen molar-refractivity contribution >= 4 is 11.0 Å². The van der Waals surface area contributed by atoms with Crippen LogP contribution in [0.15, 0.2) is 133 Å². The normalized spacial score (nSPS) is 16.6. The van der Waals surface area contributed by atoms with Crippen molar-refractivity contribution in [1.29, 1.82) is 0 Å². The Hall–Kier alpha value is -5.57. The standard InChI is InChI=1S/C63H70N3O.Pt/c1-16-63(14,15)46-29-30-54(50(37-46)41-21-18-17-19-22-41)66-55-24-20-23-49(56(55)65-58(66)51-38-48(61(8,9)10)39-52(57(51)67)62(11,12)13)43-33-44(35-47(34-43)60(5,6)7)53-36-42(31-32-64-53)40-25-27-45(28-26-40)59(2,3)4;/h17-32,34-39,67H,16H2,1-15H3;/q-1;/i2D3,3D3,4D3,25D,26D,27D,28D,31D,32D,36D;. The minimum atomic E-state index is -3.93. The number of pyridine rings is 1. The molecule has 4 nitrogen and oxygen atoms in total. The van der Waals surface area contributed by atoms with Gasteiger partial charge in [0.15, 0.2) is 0 Å². The van der Waals surface area contributed by atoms with Crippen molar-refractivity contribution in [2.24, 2.45) is 0 Å². The summed E-state index contributed by atoms with van der Waals surface area (Å²) in [6.07, 6.45) is 0.137. The molecule has 1 N–H and O–H groups in total. The predicted molar refractivity (Wildman–Crippen MR) is 285 cm³/mol. The van der Waals surface area contributed by atoms with Gasteiger partial charge in [0.1, 0.15) is 11.6 Å². The smallest absolute Gasteiger partial charge is 0.148 e. The van der Waals surface area contributed by atoms with Gasteiger partial charge in [-0.2, -0.15) is 0 Å². The maximum Gasteiger partial charge on any atom is 0.148 e. The zero-order chi connectivity index (χ0) is 62.0. The molecule has 0 aliphatic heterocycles. The Kier molecular flexibility index (Phi) is 8.94. The van der Waals surface area contributed by atoms with E-state index in [4.69, 9.17) is 22.8 Å². The summed E-state index contributed by atoms with van der Waals surface area (Å²) in [5.74, 6) is 0.534. The molecule has 68 heavy (non-hydrogen) atoms. The van der Waals surface area contributed by atoms with Crippen LogP contribution in [0.25, 0.3) is 72.7 Å². The third-order valence-electron chi connectivity index (χ3n) is 12.8. The van der Waals surface area contributed by atoms with Crippen LogP contribution < -0.4 is 0 Å². The molecule has 0 aliphatic carbocycles. The molecule has 0 fully saturated rings. The average Bonchev–Trinajstić information content (AvgIpc) is 0.780. The molecule has 0 radical (unpaired) electrons. The Morgan fingerprint density at radius 1 is 0.603 bits per heavy atom. The van der Waals surface area contributed by atoms with Gasteiger partial charge in [0.25, 0.3) is 0 Å². The molecule has 8 aromatic rings. The number of aromatic hydroxyl groups is 1. The Labute approximate surface area is 444 Å². The Morgan fingerprint density at radius 3 is 1.88 bits per heavy atom. The fraction of sp³-hybridized carbons (Fsp3) is 0.333. The summed E-state index contributed by atoms with van der Waals surface area (Å²) in [5, 5.41) is 12.7. The van der Waals surface area contributed by atoms with Crippen LogP contribution in [-0.2, 0) is 48.1 Å². The van der Waals surface area contributed by atoms with Gasteiger partial charge >= 0.3 is 0 Å². The van der Waals surface area contributed by atoms with Gasteiger partial charge in [-0.05, 0) is 97.2 Å². The van der Waals surface area contributed by atoms with E-state index in [0.29, 0.717) is 39.1 Å². The van der Waals surface area contributed by atoms with Gasteiger partial charge in [-0.25, -0.2) is 4.98 Å². The van der Waals surface area contributed by atoms with E-state index in [9.17, 15) is 9.22 Å². The van der Waals surface area contributed by atoms with Crippen LogP contribution in [-0.4, -0.2) is 19.6 Å². The number of aromatic nitrogens is 3. The van der Waals surface area contributed by atoms with Gasteiger partial charge in [-0.15, -0.1) is 29.3 Å². The number of phenolic OH excluding ortho intramolecular Hbond substituents is 1. The Bertz CT molecular complexity index is 3810. The van der Waals surface area contributed by atoms with E-state index in [1.165, 1.54) is 0 Å². The second kappa shape index (κ2) is 18.4. The number of hydrogen-bond donors (Lipinski definition) is 1. The minimum absolute atomic E-state index is 0. The average molecular weight is 1100 g/mol. The first-order chi connectivity index (χ1) is 38.0. The molecule has 354 valence electrons. The number of imidazole rings is 1. The number of para-hydroxylation sites is 1. The molecule has 0 atom stereocenters.